The SMILES string of the molecule is CC(=O)OC[C@@H](C)n1ccc2c(C(=O)N(C)C3(O)CC4CCC3C4)c(Cl)ccc2c1=O. The molecule has 2 bridgehead atoms. The van der Waals surface area contributed by atoms with Crippen LogP contribution in [0.4, 0.5) is 0 Å². The Balaban J connectivity index is 1.72. The molecule has 1 aromatic carbocycles. The molecule has 1 amide bonds. The minimum absolute atomic E-state index is 0.0679. The Morgan fingerprint density at radius 3 is 2.68 bits per heavy atom. The van der Waals surface area contributed by atoms with E-state index in [1.165, 1.54) is 22.5 Å². The van der Waals surface area contributed by atoms with Crippen LogP contribution in [0.2, 0.25) is 5.02 Å². The van der Waals surface area contributed by atoms with Gasteiger partial charge in [0.2, 0.25) is 0 Å². The van der Waals surface area contributed by atoms with Crippen LogP contribution in [0.15, 0.2) is 29.2 Å². The molecule has 4 atom stereocenters. The van der Waals surface area contributed by atoms with Crippen LogP contribution in [-0.2, 0) is 9.53 Å². The maximum atomic E-state index is 13.5. The zero-order valence-electron chi connectivity index (χ0n) is 17.9. The minimum Gasteiger partial charge on any atom is -0.464 e. The van der Waals surface area contributed by atoms with Gasteiger partial charge in [0.05, 0.1) is 16.6 Å². The molecule has 7 nitrogen and oxygen atoms in total. The fraction of sp³-hybridized carbons (Fsp3) is 0.522. The van der Waals surface area contributed by atoms with Crippen molar-refractivity contribution in [2.75, 3.05) is 13.7 Å². The van der Waals surface area contributed by atoms with Crippen LogP contribution in [0.25, 0.3) is 10.8 Å². The summed E-state index contributed by atoms with van der Waals surface area (Å²) in [6.07, 6.45) is 5.09. The van der Waals surface area contributed by atoms with E-state index in [0.717, 1.165) is 19.3 Å². The third-order valence-electron chi connectivity index (χ3n) is 6.95. The first kappa shape index (κ1) is 21.8. The summed E-state index contributed by atoms with van der Waals surface area (Å²) < 4.78 is 6.49. The predicted octanol–water partition coefficient (Wildman–Crippen LogP) is 3.36. The van der Waals surface area contributed by atoms with Crippen molar-refractivity contribution in [2.45, 2.75) is 51.3 Å². The number of amides is 1. The summed E-state index contributed by atoms with van der Waals surface area (Å²) in [5.74, 6) is -0.295. The Morgan fingerprint density at radius 1 is 1.32 bits per heavy atom. The van der Waals surface area contributed by atoms with Crippen molar-refractivity contribution < 1.29 is 19.4 Å². The Kier molecular flexibility index (Phi) is 5.60. The molecule has 0 radical (unpaired) electrons. The number of carbonyl (C=O) groups excluding carboxylic acids is 2. The van der Waals surface area contributed by atoms with Gasteiger partial charge in [-0.25, -0.2) is 0 Å². The molecule has 2 fully saturated rings. The number of esters is 1. The molecule has 0 saturated heterocycles. The minimum atomic E-state index is -1.18. The van der Waals surface area contributed by atoms with E-state index in [1.807, 2.05) is 0 Å². The number of rotatable bonds is 5. The van der Waals surface area contributed by atoms with Crippen LogP contribution in [-0.4, -0.2) is 45.8 Å². The normalized spacial score (nSPS) is 25.6. The number of hydrogen-bond donors (Lipinski definition) is 1. The summed E-state index contributed by atoms with van der Waals surface area (Å²) in [4.78, 5) is 39.1. The second kappa shape index (κ2) is 7.95. The summed E-state index contributed by atoms with van der Waals surface area (Å²) in [5, 5.41) is 12.3. The number of hydrogen-bond acceptors (Lipinski definition) is 5. The summed E-state index contributed by atoms with van der Waals surface area (Å²) in [6, 6.07) is 4.45. The highest BCUT2D eigenvalue weighted by Gasteiger charge is 2.53. The van der Waals surface area contributed by atoms with Gasteiger partial charge in [-0.15, -0.1) is 0 Å². The second-order valence-electron chi connectivity index (χ2n) is 8.89. The van der Waals surface area contributed by atoms with Gasteiger partial charge in [-0.3, -0.25) is 14.4 Å². The zero-order chi connectivity index (χ0) is 22.5. The highest BCUT2D eigenvalue weighted by Crippen LogP contribution is 2.52. The molecular formula is C23H27ClN2O5. The largest absolute Gasteiger partial charge is 0.464 e. The number of benzene rings is 1. The Labute approximate surface area is 185 Å². The molecule has 31 heavy (non-hydrogen) atoms. The molecule has 0 aliphatic heterocycles. The maximum Gasteiger partial charge on any atom is 0.302 e. The van der Waals surface area contributed by atoms with Crippen LogP contribution in [0, 0.1) is 11.8 Å². The van der Waals surface area contributed by atoms with Gasteiger partial charge >= 0.3 is 5.97 Å². The number of aliphatic hydroxyl groups is 1. The number of carbonyl (C=O) groups is 2. The molecule has 3 unspecified atom stereocenters. The van der Waals surface area contributed by atoms with Crippen molar-refractivity contribution in [3.05, 3.63) is 45.3 Å². The van der Waals surface area contributed by atoms with Crippen LogP contribution in [0.5, 0.6) is 0 Å². The average molecular weight is 447 g/mol. The molecule has 1 heterocycles. The molecule has 8 heteroatoms. The highest BCUT2D eigenvalue weighted by molar-refractivity contribution is 6.35. The topological polar surface area (TPSA) is 88.8 Å². The van der Waals surface area contributed by atoms with E-state index in [-0.39, 0.29) is 34.7 Å². The lowest BCUT2D eigenvalue weighted by Gasteiger charge is -2.40. The third kappa shape index (κ3) is 3.64. The van der Waals surface area contributed by atoms with E-state index in [0.29, 0.717) is 23.1 Å². The van der Waals surface area contributed by atoms with E-state index in [1.54, 1.807) is 32.3 Å². The van der Waals surface area contributed by atoms with Crippen LogP contribution in [0.3, 0.4) is 0 Å². The highest BCUT2D eigenvalue weighted by atomic mass is 35.5. The number of pyridine rings is 1. The standard InChI is InChI=1S/C23H27ClN2O5/c1-13(12-31-14(2)27)26-9-8-17-18(21(26)28)6-7-19(24)20(17)22(29)25(3)23(30)11-15-4-5-16(23)10-15/h6-9,13,15-16,30H,4-5,10-12H2,1-3H3/t13-,15?,16?,23?/m1/s1. The van der Waals surface area contributed by atoms with Crippen LogP contribution >= 0.6 is 11.6 Å². The van der Waals surface area contributed by atoms with Gasteiger partial charge < -0.3 is 19.3 Å². The van der Waals surface area contributed by atoms with Gasteiger partial charge in [0.1, 0.15) is 12.3 Å². The smallest absolute Gasteiger partial charge is 0.302 e. The number of aromatic nitrogens is 1. The summed E-state index contributed by atoms with van der Waals surface area (Å²) in [5.41, 5.74) is -1.27. The van der Waals surface area contributed by atoms with E-state index in [2.05, 4.69) is 0 Å². The lowest BCUT2D eigenvalue weighted by molar-refractivity contribution is -0.141. The van der Waals surface area contributed by atoms with E-state index in [4.69, 9.17) is 16.3 Å². The lowest BCUT2D eigenvalue weighted by atomic mass is 9.89. The fourth-order valence-corrected chi connectivity index (χ4v) is 5.47. The number of ether oxygens (including phenoxy) is 1. The maximum absolute atomic E-state index is 13.5. The molecule has 1 N–H and O–H groups in total. The van der Waals surface area contributed by atoms with E-state index >= 15 is 0 Å². The first-order valence-electron chi connectivity index (χ1n) is 10.6. The molecule has 4 rings (SSSR count). The van der Waals surface area contributed by atoms with Gasteiger partial charge in [0, 0.05) is 36.9 Å². The summed E-state index contributed by atoms with van der Waals surface area (Å²) in [6.45, 7) is 3.16. The van der Waals surface area contributed by atoms with Crippen molar-refractivity contribution in [3.63, 3.8) is 0 Å². The average Bonchev–Trinajstić information content (AvgIpc) is 3.32. The number of halogens is 1. The quantitative estimate of drug-likeness (QED) is 0.562. The molecule has 2 aliphatic rings. The molecule has 166 valence electrons. The molecule has 0 spiro atoms. The first-order valence-corrected chi connectivity index (χ1v) is 11.0. The Hall–Kier alpha value is -2.38. The van der Waals surface area contributed by atoms with Gasteiger partial charge in [0.25, 0.3) is 11.5 Å². The van der Waals surface area contributed by atoms with Crippen molar-refractivity contribution in [2.24, 2.45) is 11.8 Å². The zero-order valence-corrected chi connectivity index (χ0v) is 18.7. The van der Waals surface area contributed by atoms with Crippen molar-refractivity contribution in [1.29, 1.82) is 0 Å². The molecule has 2 saturated carbocycles. The monoisotopic (exact) mass is 446 g/mol. The van der Waals surface area contributed by atoms with E-state index < -0.39 is 17.6 Å². The van der Waals surface area contributed by atoms with Crippen LogP contribution in [0.1, 0.15) is 55.9 Å². The molecule has 2 aromatic rings. The van der Waals surface area contributed by atoms with Gasteiger partial charge in [-0.05, 0) is 56.7 Å². The predicted molar refractivity (Wildman–Crippen MR) is 117 cm³/mol. The van der Waals surface area contributed by atoms with Crippen molar-refractivity contribution in [3.8, 4) is 0 Å². The van der Waals surface area contributed by atoms with Gasteiger partial charge in [0.15, 0.2) is 0 Å². The molecular weight excluding hydrogens is 420 g/mol. The number of nitrogens with zero attached hydrogens (tertiary/aromatic N) is 2. The van der Waals surface area contributed by atoms with Crippen LogP contribution < -0.4 is 5.56 Å². The lowest BCUT2D eigenvalue weighted by Crippen LogP contribution is -2.53. The van der Waals surface area contributed by atoms with E-state index in [9.17, 15) is 19.5 Å². The second-order valence-corrected chi connectivity index (χ2v) is 9.29. The summed E-state index contributed by atoms with van der Waals surface area (Å²) in [7, 11) is 1.61. The molecule has 1 aromatic heterocycles. The van der Waals surface area contributed by atoms with Crippen molar-refractivity contribution >= 4 is 34.2 Å². The number of fused-ring (bicyclic) bond motifs is 3. The summed E-state index contributed by atoms with van der Waals surface area (Å²) >= 11 is 6.42. The van der Waals surface area contributed by atoms with Crippen molar-refractivity contribution in [1.82, 2.24) is 9.47 Å². The molecule has 2 aliphatic carbocycles. The van der Waals surface area contributed by atoms with Gasteiger partial charge in [-0.1, -0.05) is 11.6 Å². The first-order chi connectivity index (χ1) is 14.6. The fourth-order valence-electron chi connectivity index (χ4n) is 5.22. The Morgan fingerprint density at radius 2 is 2.06 bits per heavy atom. The van der Waals surface area contributed by atoms with Gasteiger partial charge in [-0.2, -0.15) is 0 Å². The third-order valence-corrected chi connectivity index (χ3v) is 7.26. The Bertz CT molecular complexity index is 1110.